The van der Waals surface area contributed by atoms with Gasteiger partial charge in [0.15, 0.2) is 9.76 Å². The minimum atomic E-state index is -0.188. The van der Waals surface area contributed by atoms with Crippen LogP contribution in [0.3, 0.4) is 0 Å². The Morgan fingerprint density at radius 1 is 1.15 bits per heavy atom. The summed E-state index contributed by atoms with van der Waals surface area (Å²) in [5, 5.41) is 8.40. The number of hydrogen-bond donors (Lipinski definition) is 1. The lowest BCUT2D eigenvalue weighted by atomic mass is 10.3. The first kappa shape index (κ1) is 15.6. The molecule has 0 saturated carbocycles. The molecule has 0 aliphatic carbocycles. The van der Waals surface area contributed by atoms with Crippen LogP contribution in [0.5, 0.6) is 0 Å². The standard InChI is InChI=1S/C6H16O2Si.C3H8O/c1-8-9-6-4-2-3-5-7;1-3-4-2/h7H,2-6,9H2,1H3;3H2,1-2H3. The number of ether oxygens (including phenoxy) is 1. The average molecular weight is 208 g/mol. The van der Waals surface area contributed by atoms with Crippen LogP contribution < -0.4 is 0 Å². The number of aliphatic hydroxyl groups excluding tert-OH is 1. The maximum Gasteiger partial charge on any atom is 0.161 e. The van der Waals surface area contributed by atoms with E-state index in [4.69, 9.17) is 9.53 Å². The van der Waals surface area contributed by atoms with Crippen LogP contribution in [0.15, 0.2) is 0 Å². The molecular weight excluding hydrogens is 184 g/mol. The molecule has 4 heteroatoms. The zero-order chi connectivity index (χ0) is 10.4. The van der Waals surface area contributed by atoms with E-state index in [0.717, 1.165) is 19.4 Å². The van der Waals surface area contributed by atoms with Crippen molar-refractivity contribution in [2.24, 2.45) is 0 Å². The number of hydrogen-bond acceptors (Lipinski definition) is 3. The second-order valence-corrected chi connectivity index (χ2v) is 4.40. The Balaban J connectivity index is 0. The van der Waals surface area contributed by atoms with Crippen LogP contribution in [0.4, 0.5) is 0 Å². The van der Waals surface area contributed by atoms with E-state index >= 15 is 0 Å². The second-order valence-electron chi connectivity index (χ2n) is 2.71. The lowest BCUT2D eigenvalue weighted by Gasteiger charge is -1.96. The average Bonchev–Trinajstić information content (AvgIpc) is 2.18. The first-order valence-corrected chi connectivity index (χ1v) is 6.49. The molecule has 3 nitrogen and oxygen atoms in total. The Hall–Kier alpha value is 0.0969. The predicted molar refractivity (Wildman–Crippen MR) is 58.8 cm³/mol. The molecule has 0 saturated heterocycles. The fraction of sp³-hybridized carbons (Fsp3) is 1.00. The maximum absolute atomic E-state index is 8.40. The summed E-state index contributed by atoms with van der Waals surface area (Å²) in [6.07, 6.45) is 3.35. The topological polar surface area (TPSA) is 38.7 Å². The van der Waals surface area contributed by atoms with Gasteiger partial charge in [0, 0.05) is 27.4 Å². The highest BCUT2D eigenvalue weighted by atomic mass is 28.2. The van der Waals surface area contributed by atoms with Gasteiger partial charge in [-0.15, -0.1) is 0 Å². The molecule has 13 heavy (non-hydrogen) atoms. The molecule has 0 heterocycles. The quantitative estimate of drug-likeness (QED) is 0.500. The van der Waals surface area contributed by atoms with Gasteiger partial charge >= 0.3 is 0 Å². The Morgan fingerprint density at radius 3 is 2.15 bits per heavy atom. The van der Waals surface area contributed by atoms with Gasteiger partial charge in [0.25, 0.3) is 0 Å². The number of unbranched alkanes of at least 4 members (excludes halogenated alkanes) is 2. The Bertz CT molecular complexity index is 63.9. The van der Waals surface area contributed by atoms with Gasteiger partial charge in [-0.05, 0) is 19.4 Å². The Morgan fingerprint density at radius 2 is 1.77 bits per heavy atom. The molecule has 0 fully saturated rings. The molecule has 0 aromatic rings. The van der Waals surface area contributed by atoms with Gasteiger partial charge in [-0.3, -0.25) is 0 Å². The van der Waals surface area contributed by atoms with E-state index in [2.05, 4.69) is 4.74 Å². The molecule has 0 spiro atoms. The van der Waals surface area contributed by atoms with Crippen LogP contribution in [-0.2, 0) is 9.16 Å². The number of rotatable bonds is 7. The Labute approximate surface area is 84.4 Å². The zero-order valence-electron chi connectivity index (χ0n) is 9.21. The summed E-state index contributed by atoms with van der Waals surface area (Å²) in [5.74, 6) is 0. The van der Waals surface area contributed by atoms with E-state index in [1.54, 1.807) is 14.2 Å². The second kappa shape index (κ2) is 18.0. The molecule has 0 rings (SSSR count). The largest absolute Gasteiger partial charge is 0.427 e. The van der Waals surface area contributed by atoms with Crippen molar-refractivity contribution in [3.8, 4) is 0 Å². The van der Waals surface area contributed by atoms with E-state index in [1.165, 1.54) is 12.5 Å². The van der Waals surface area contributed by atoms with Crippen LogP contribution in [0.25, 0.3) is 0 Å². The molecule has 1 N–H and O–H groups in total. The van der Waals surface area contributed by atoms with E-state index in [9.17, 15) is 0 Å². The first-order valence-electron chi connectivity index (χ1n) is 4.92. The van der Waals surface area contributed by atoms with Crippen molar-refractivity contribution in [3.63, 3.8) is 0 Å². The van der Waals surface area contributed by atoms with Gasteiger partial charge in [-0.25, -0.2) is 0 Å². The molecule has 0 bridgehead atoms. The third kappa shape index (κ3) is 24.5. The monoisotopic (exact) mass is 208 g/mol. The van der Waals surface area contributed by atoms with E-state index in [-0.39, 0.29) is 9.76 Å². The van der Waals surface area contributed by atoms with Crippen molar-refractivity contribution in [2.45, 2.75) is 32.2 Å². The molecule has 0 aromatic carbocycles. The predicted octanol–water partition coefficient (Wildman–Crippen LogP) is 0.950. The molecule has 82 valence electrons. The van der Waals surface area contributed by atoms with Gasteiger partial charge in [0.2, 0.25) is 0 Å². The summed E-state index contributed by atoms with van der Waals surface area (Å²) in [7, 11) is 3.27. The molecule has 0 radical (unpaired) electrons. The summed E-state index contributed by atoms with van der Waals surface area (Å²) >= 11 is 0. The summed E-state index contributed by atoms with van der Waals surface area (Å²) in [5.41, 5.74) is 0. The van der Waals surface area contributed by atoms with E-state index < -0.39 is 0 Å². The molecular formula is C9H24O3Si. The number of aliphatic hydroxyl groups is 1. The fourth-order valence-corrected chi connectivity index (χ4v) is 1.56. The normalized spacial score (nSPS) is 10.2. The van der Waals surface area contributed by atoms with Crippen molar-refractivity contribution < 1.29 is 14.3 Å². The van der Waals surface area contributed by atoms with Gasteiger partial charge in [-0.2, -0.15) is 0 Å². The minimum absolute atomic E-state index is 0.188. The molecule has 0 aliphatic heterocycles. The lowest BCUT2D eigenvalue weighted by Crippen LogP contribution is -1.92. The van der Waals surface area contributed by atoms with Gasteiger partial charge in [0.1, 0.15) is 0 Å². The van der Waals surface area contributed by atoms with E-state index in [0.29, 0.717) is 6.61 Å². The fourth-order valence-electron chi connectivity index (χ4n) is 0.712. The molecule has 0 amide bonds. The molecule has 0 aliphatic rings. The third-order valence-electron chi connectivity index (χ3n) is 1.55. The SMILES string of the molecule is CCOC.CO[SiH2]CCCCCO. The van der Waals surface area contributed by atoms with Crippen molar-refractivity contribution in [2.75, 3.05) is 27.4 Å². The van der Waals surface area contributed by atoms with Crippen molar-refractivity contribution >= 4 is 9.76 Å². The Kier molecular flexibility index (Phi) is 21.6. The summed E-state index contributed by atoms with van der Waals surface area (Å²) in [4.78, 5) is 0. The number of methoxy groups -OCH3 is 1. The van der Waals surface area contributed by atoms with Crippen LogP contribution in [0.2, 0.25) is 6.04 Å². The molecule has 0 unspecified atom stereocenters. The highest BCUT2D eigenvalue weighted by molar-refractivity contribution is 6.26. The van der Waals surface area contributed by atoms with Crippen molar-refractivity contribution in [1.82, 2.24) is 0 Å². The van der Waals surface area contributed by atoms with Crippen LogP contribution in [-0.4, -0.2) is 42.3 Å². The van der Waals surface area contributed by atoms with Gasteiger partial charge in [0.05, 0.1) is 0 Å². The first-order chi connectivity index (χ1) is 6.33. The zero-order valence-corrected chi connectivity index (χ0v) is 10.6. The summed E-state index contributed by atoms with van der Waals surface area (Å²) in [6.45, 7) is 3.12. The van der Waals surface area contributed by atoms with Crippen molar-refractivity contribution in [1.29, 1.82) is 0 Å². The lowest BCUT2D eigenvalue weighted by molar-refractivity contribution is 0.215. The highest BCUT2D eigenvalue weighted by Gasteiger charge is 1.87. The molecule has 0 atom stereocenters. The van der Waals surface area contributed by atoms with Crippen LogP contribution in [0, 0.1) is 0 Å². The third-order valence-corrected chi connectivity index (χ3v) is 2.74. The van der Waals surface area contributed by atoms with Crippen LogP contribution in [0.1, 0.15) is 26.2 Å². The maximum atomic E-state index is 8.40. The van der Waals surface area contributed by atoms with Crippen molar-refractivity contribution in [3.05, 3.63) is 0 Å². The summed E-state index contributed by atoms with van der Waals surface area (Å²) in [6, 6.07) is 1.26. The van der Waals surface area contributed by atoms with Gasteiger partial charge < -0.3 is 14.3 Å². The molecule has 0 aromatic heterocycles. The van der Waals surface area contributed by atoms with E-state index in [1.807, 2.05) is 6.92 Å². The van der Waals surface area contributed by atoms with Crippen LogP contribution >= 0.6 is 0 Å². The highest BCUT2D eigenvalue weighted by Crippen LogP contribution is 1.97. The summed E-state index contributed by atoms with van der Waals surface area (Å²) < 4.78 is 9.54. The van der Waals surface area contributed by atoms with Gasteiger partial charge in [-0.1, -0.05) is 12.8 Å². The minimum Gasteiger partial charge on any atom is -0.427 e. The smallest absolute Gasteiger partial charge is 0.161 e.